The van der Waals surface area contributed by atoms with Crippen molar-refractivity contribution in [3.63, 3.8) is 0 Å². The van der Waals surface area contributed by atoms with Gasteiger partial charge < -0.3 is 4.90 Å². The molecule has 0 saturated carbocycles. The Bertz CT molecular complexity index is 1040. The topological polar surface area (TPSA) is 57.7 Å². The molecule has 0 atom stereocenters. The van der Waals surface area contributed by atoms with Crippen LogP contribution in [-0.2, 0) is 13.0 Å². The molecular formula is C20H17N5. The highest BCUT2D eigenvalue weighted by Crippen LogP contribution is 2.31. The van der Waals surface area contributed by atoms with Crippen molar-refractivity contribution in [2.24, 2.45) is 0 Å². The summed E-state index contributed by atoms with van der Waals surface area (Å²) in [5.41, 5.74) is 5.98. The van der Waals surface area contributed by atoms with Gasteiger partial charge in [0, 0.05) is 30.2 Å². The summed E-state index contributed by atoms with van der Waals surface area (Å²) in [6.07, 6.45) is 6.45. The van der Waals surface area contributed by atoms with Gasteiger partial charge in [-0.2, -0.15) is 5.10 Å². The maximum Gasteiger partial charge on any atom is 0.140 e. The predicted molar refractivity (Wildman–Crippen MR) is 98.3 cm³/mol. The van der Waals surface area contributed by atoms with Gasteiger partial charge in [-0.05, 0) is 35.2 Å². The van der Waals surface area contributed by atoms with Gasteiger partial charge in [0.1, 0.15) is 12.1 Å². The number of aromatic amines is 1. The summed E-state index contributed by atoms with van der Waals surface area (Å²) >= 11 is 0. The first-order chi connectivity index (χ1) is 12.4. The van der Waals surface area contributed by atoms with Crippen molar-refractivity contribution in [1.82, 2.24) is 20.2 Å². The highest BCUT2D eigenvalue weighted by molar-refractivity contribution is 5.92. The van der Waals surface area contributed by atoms with Gasteiger partial charge in [-0.15, -0.1) is 0 Å². The molecule has 0 radical (unpaired) electrons. The Morgan fingerprint density at radius 3 is 2.76 bits per heavy atom. The van der Waals surface area contributed by atoms with Gasteiger partial charge in [-0.1, -0.05) is 30.3 Å². The summed E-state index contributed by atoms with van der Waals surface area (Å²) in [6.45, 7) is 1.86. The van der Waals surface area contributed by atoms with Crippen molar-refractivity contribution >= 4 is 16.7 Å². The number of H-pyrrole nitrogens is 1. The van der Waals surface area contributed by atoms with Crippen LogP contribution in [0.4, 0.5) is 5.82 Å². The van der Waals surface area contributed by atoms with Crippen LogP contribution in [0.1, 0.15) is 11.1 Å². The van der Waals surface area contributed by atoms with E-state index in [9.17, 15) is 0 Å². The molecule has 4 aromatic rings. The second-order valence-electron chi connectivity index (χ2n) is 6.36. The number of rotatable bonds is 2. The molecule has 25 heavy (non-hydrogen) atoms. The number of hydrogen-bond acceptors (Lipinski definition) is 4. The van der Waals surface area contributed by atoms with E-state index in [2.05, 4.69) is 67.5 Å². The third-order valence-electron chi connectivity index (χ3n) is 4.88. The number of aromatic nitrogens is 4. The monoisotopic (exact) mass is 327 g/mol. The molecule has 5 nitrogen and oxygen atoms in total. The van der Waals surface area contributed by atoms with Crippen LogP contribution < -0.4 is 4.90 Å². The van der Waals surface area contributed by atoms with Gasteiger partial charge in [0.25, 0.3) is 0 Å². The van der Waals surface area contributed by atoms with E-state index in [0.717, 1.165) is 47.4 Å². The lowest BCUT2D eigenvalue weighted by atomic mass is 9.99. The maximum atomic E-state index is 4.62. The molecule has 0 unspecified atom stereocenters. The normalized spacial score (nSPS) is 13.8. The Morgan fingerprint density at radius 2 is 1.88 bits per heavy atom. The Balaban J connectivity index is 1.60. The van der Waals surface area contributed by atoms with E-state index in [1.54, 1.807) is 6.33 Å². The van der Waals surface area contributed by atoms with E-state index in [-0.39, 0.29) is 0 Å². The van der Waals surface area contributed by atoms with Crippen LogP contribution in [0.2, 0.25) is 0 Å². The second kappa shape index (κ2) is 5.70. The molecule has 0 amide bonds. The van der Waals surface area contributed by atoms with Crippen LogP contribution in [0.15, 0.2) is 61.2 Å². The SMILES string of the molecule is c1ccc2c(c1)CCN(c1ncnc3ccc(-c4cn[nH]c4)cc13)C2. The first-order valence-electron chi connectivity index (χ1n) is 8.44. The van der Waals surface area contributed by atoms with Crippen molar-refractivity contribution < 1.29 is 0 Å². The lowest BCUT2D eigenvalue weighted by Crippen LogP contribution is -2.31. The zero-order valence-electron chi connectivity index (χ0n) is 13.7. The summed E-state index contributed by atoms with van der Waals surface area (Å²) in [4.78, 5) is 11.4. The highest BCUT2D eigenvalue weighted by atomic mass is 15.2. The summed E-state index contributed by atoms with van der Waals surface area (Å²) < 4.78 is 0. The van der Waals surface area contributed by atoms with E-state index in [1.165, 1.54) is 11.1 Å². The van der Waals surface area contributed by atoms with E-state index in [1.807, 2.05) is 12.4 Å². The van der Waals surface area contributed by atoms with Gasteiger partial charge in [0.05, 0.1) is 11.7 Å². The second-order valence-corrected chi connectivity index (χ2v) is 6.36. The summed E-state index contributed by atoms with van der Waals surface area (Å²) in [6, 6.07) is 15.0. The largest absolute Gasteiger partial charge is 0.351 e. The summed E-state index contributed by atoms with van der Waals surface area (Å²) in [5.74, 6) is 1.00. The molecule has 5 heteroatoms. The zero-order chi connectivity index (χ0) is 16.6. The maximum absolute atomic E-state index is 4.62. The molecule has 2 aromatic heterocycles. The molecule has 0 aliphatic carbocycles. The fraction of sp³-hybridized carbons (Fsp3) is 0.150. The number of fused-ring (bicyclic) bond motifs is 2. The Hall–Kier alpha value is -3.21. The Morgan fingerprint density at radius 1 is 0.960 bits per heavy atom. The fourth-order valence-electron chi connectivity index (χ4n) is 3.56. The average molecular weight is 327 g/mol. The fourth-order valence-corrected chi connectivity index (χ4v) is 3.56. The zero-order valence-corrected chi connectivity index (χ0v) is 13.7. The predicted octanol–water partition coefficient (Wildman–Crippen LogP) is 3.58. The Kier molecular flexibility index (Phi) is 3.23. The smallest absolute Gasteiger partial charge is 0.140 e. The quantitative estimate of drug-likeness (QED) is 0.611. The van der Waals surface area contributed by atoms with Crippen molar-refractivity contribution in [2.75, 3.05) is 11.4 Å². The van der Waals surface area contributed by atoms with E-state index in [0.29, 0.717) is 0 Å². The van der Waals surface area contributed by atoms with Crippen LogP contribution in [0.5, 0.6) is 0 Å². The molecule has 0 spiro atoms. The first kappa shape index (κ1) is 14.2. The lowest BCUT2D eigenvalue weighted by molar-refractivity contribution is 0.723. The van der Waals surface area contributed by atoms with Crippen molar-refractivity contribution in [3.05, 3.63) is 72.3 Å². The minimum Gasteiger partial charge on any atom is -0.351 e. The molecule has 3 heterocycles. The van der Waals surface area contributed by atoms with Crippen LogP contribution in [0.25, 0.3) is 22.0 Å². The van der Waals surface area contributed by atoms with Gasteiger partial charge in [-0.25, -0.2) is 9.97 Å². The number of nitrogens with zero attached hydrogens (tertiary/aromatic N) is 4. The van der Waals surface area contributed by atoms with E-state index >= 15 is 0 Å². The van der Waals surface area contributed by atoms with Crippen LogP contribution >= 0.6 is 0 Å². The summed E-state index contributed by atoms with van der Waals surface area (Å²) in [7, 11) is 0. The first-order valence-corrected chi connectivity index (χ1v) is 8.44. The molecule has 1 aliphatic heterocycles. The third kappa shape index (κ3) is 2.45. The molecule has 1 N–H and O–H groups in total. The van der Waals surface area contributed by atoms with E-state index < -0.39 is 0 Å². The van der Waals surface area contributed by atoms with Crippen LogP contribution in [0.3, 0.4) is 0 Å². The van der Waals surface area contributed by atoms with Crippen LogP contribution in [-0.4, -0.2) is 26.7 Å². The van der Waals surface area contributed by atoms with Gasteiger partial charge in [0.15, 0.2) is 0 Å². The Labute approximate surface area is 145 Å². The summed E-state index contributed by atoms with van der Waals surface area (Å²) in [5, 5.41) is 8.01. The van der Waals surface area contributed by atoms with Gasteiger partial charge in [0.2, 0.25) is 0 Å². The number of nitrogens with one attached hydrogen (secondary N) is 1. The molecule has 0 saturated heterocycles. The standard InChI is InChI=1S/C20H17N5/c1-2-4-16-12-25(8-7-14(16)3-1)20-18-9-15(17-10-23-24-11-17)5-6-19(18)21-13-22-20/h1-6,9-11,13H,7-8,12H2,(H,23,24). The van der Waals surface area contributed by atoms with Crippen molar-refractivity contribution in [3.8, 4) is 11.1 Å². The minimum absolute atomic E-state index is 0.887. The van der Waals surface area contributed by atoms with Crippen molar-refractivity contribution in [1.29, 1.82) is 0 Å². The molecule has 0 fully saturated rings. The number of anilines is 1. The number of hydrogen-bond donors (Lipinski definition) is 1. The van der Waals surface area contributed by atoms with E-state index in [4.69, 9.17) is 0 Å². The average Bonchev–Trinajstić information content (AvgIpc) is 3.21. The molecule has 5 rings (SSSR count). The molecule has 2 aromatic carbocycles. The third-order valence-corrected chi connectivity index (χ3v) is 4.88. The molecule has 0 bridgehead atoms. The van der Waals surface area contributed by atoms with Gasteiger partial charge in [-0.3, -0.25) is 5.10 Å². The minimum atomic E-state index is 0.887. The lowest BCUT2D eigenvalue weighted by Gasteiger charge is -2.30. The van der Waals surface area contributed by atoms with Gasteiger partial charge >= 0.3 is 0 Å². The molecular weight excluding hydrogens is 310 g/mol. The molecule has 1 aliphatic rings. The van der Waals surface area contributed by atoms with Crippen molar-refractivity contribution in [2.45, 2.75) is 13.0 Å². The highest BCUT2D eigenvalue weighted by Gasteiger charge is 2.19. The molecule has 122 valence electrons. The van der Waals surface area contributed by atoms with Crippen LogP contribution in [0, 0.1) is 0 Å². The number of benzene rings is 2.